The maximum absolute atomic E-state index is 3.49. The molecule has 0 aliphatic rings. The van der Waals surface area contributed by atoms with Crippen molar-refractivity contribution in [3.63, 3.8) is 0 Å². The lowest BCUT2D eigenvalue weighted by Crippen LogP contribution is -2.12. The van der Waals surface area contributed by atoms with Crippen molar-refractivity contribution in [2.75, 3.05) is 12.4 Å². The highest BCUT2D eigenvalue weighted by Gasteiger charge is 1.96. The van der Waals surface area contributed by atoms with Gasteiger partial charge >= 0.3 is 0 Å². The summed E-state index contributed by atoms with van der Waals surface area (Å²) < 4.78 is 0. The zero-order valence-corrected chi connectivity index (χ0v) is 12.4. The number of benzene rings is 2. The Morgan fingerprint density at radius 1 is 0.750 bits per heavy atom. The molecule has 106 valence electrons. The summed E-state index contributed by atoms with van der Waals surface area (Å²) in [5.74, 6) is 0. The van der Waals surface area contributed by atoms with E-state index in [0.29, 0.717) is 0 Å². The maximum atomic E-state index is 3.49. The van der Waals surface area contributed by atoms with E-state index in [1.165, 1.54) is 29.5 Å². The molecule has 2 rings (SSSR count). The van der Waals surface area contributed by atoms with Crippen LogP contribution in [0.5, 0.6) is 0 Å². The Balaban J connectivity index is 1.79. The van der Waals surface area contributed by atoms with Crippen molar-refractivity contribution in [2.24, 2.45) is 0 Å². The van der Waals surface area contributed by atoms with Gasteiger partial charge in [0.05, 0.1) is 0 Å². The normalized spacial score (nSPS) is 10.5. The standard InChI is InChI=1S/C18H24N2/c1-3-4-15-5-7-16(8-6-15)13-20-14-17-9-11-18(19-2)12-10-17/h5-12,19-20H,3-4,13-14H2,1-2H3. The SMILES string of the molecule is CCCc1ccc(CNCc2ccc(NC)cc2)cc1. The maximum Gasteiger partial charge on any atom is 0.0337 e. The number of rotatable bonds is 7. The number of aryl methyl sites for hydroxylation is 1. The van der Waals surface area contributed by atoms with Gasteiger partial charge in [0.2, 0.25) is 0 Å². The van der Waals surface area contributed by atoms with E-state index in [2.05, 4.69) is 66.1 Å². The Morgan fingerprint density at radius 3 is 1.75 bits per heavy atom. The van der Waals surface area contributed by atoms with E-state index in [-0.39, 0.29) is 0 Å². The Bertz CT molecular complexity index is 500. The van der Waals surface area contributed by atoms with Crippen LogP contribution in [0.3, 0.4) is 0 Å². The van der Waals surface area contributed by atoms with E-state index in [1.54, 1.807) is 0 Å². The van der Waals surface area contributed by atoms with Crippen molar-refractivity contribution in [3.8, 4) is 0 Å². The Labute approximate surface area is 122 Å². The number of nitrogens with one attached hydrogen (secondary N) is 2. The third-order valence-electron chi connectivity index (χ3n) is 3.46. The largest absolute Gasteiger partial charge is 0.388 e. The van der Waals surface area contributed by atoms with Crippen LogP contribution >= 0.6 is 0 Å². The fourth-order valence-electron chi connectivity index (χ4n) is 2.25. The number of anilines is 1. The summed E-state index contributed by atoms with van der Waals surface area (Å²) in [4.78, 5) is 0. The second kappa shape index (κ2) is 7.71. The van der Waals surface area contributed by atoms with Gasteiger partial charge in [-0.15, -0.1) is 0 Å². The molecule has 0 fully saturated rings. The van der Waals surface area contributed by atoms with Gasteiger partial charge in [0.1, 0.15) is 0 Å². The first-order valence-electron chi connectivity index (χ1n) is 7.37. The Morgan fingerprint density at radius 2 is 1.25 bits per heavy atom. The average molecular weight is 268 g/mol. The Kier molecular flexibility index (Phi) is 5.63. The second-order valence-corrected chi connectivity index (χ2v) is 5.12. The van der Waals surface area contributed by atoms with Crippen LogP contribution in [0.1, 0.15) is 30.0 Å². The summed E-state index contributed by atoms with van der Waals surface area (Å²) in [7, 11) is 1.94. The first kappa shape index (κ1) is 14.6. The van der Waals surface area contributed by atoms with E-state index < -0.39 is 0 Å². The minimum Gasteiger partial charge on any atom is -0.388 e. The van der Waals surface area contributed by atoms with Crippen molar-refractivity contribution in [3.05, 3.63) is 65.2 Å². The van der Waals surface area contributed by atoms with Crippen LogP contribution in [-0.4, -0.2) is 7.05 Å². The van der Waals surface area contributed by atoms with E-state index in [4.69, 9.17) is 0 Å². The first-order chi connectivity index (χ1) is 9.81. The molecule has 2 nitrogen and oxygen atoms in total. The summed E-state index contributed by atoms with van der Waals surface area (Å²) in [5.41, 5.74) is 5.24. The van der Waals surface area contributed by atoms with Crippen LogP contribution in [0.25, 0.3) is 0 Å². The third-order valence-corrected chi connectivity index (χ3v) is 3.46. The van der Waals surface area contributed by atoms with Crippen LogP contribution in [-0.2, 0) is 19.5 Å². The molecule has 2 heteroatoms. The summed E-state index contributed by atoms with van der Waals surface area (Å²) in [6, 6.07) is 17.5. The highest BCUT2D eigenvalue weighted by Crippen LogP contribution is 2.09. The zero-order chi connectivity index (χ0) is 14.2. The quantitative estimate of drug-likeness (QED) is 0.794. The van der Waals surface area contributed by atoms with Crippen molar-refractivity contribution in [1.82, 2.24) is 5.32 Å². The van der Waals surface area contributed by atoms with Gasteiger partial charge in [0.15, 0.2) is 0 Å². The van der Waals surface area contributed by atoms with Gasteiger partial charge < -0.3 is 10.6 Å². The van der Waals surface area contributed by atoms with Gasteiger partial charge in [0, 0.05) is 25.8 Å². The van der Waals surface area contributed by atoms with Gasteiger partial charge in [0.25, 0.3) is 0 Å². The zero-order valence-electron chi connectivity index (χ0n) is 12.4. The molecule has 0 unspecified atom stereocenters. The molecule has 0 heterocycles. The minimum absolute atomic E-state index is 0.903. The molecule has 2 aromatic carbocycles. The summed E-state index contributed by atoms with van der Waals surface area (Å²) in [6.07, 6.45) is 2.38. The smallest absolute Gasteiger partial charge is 0.0337 e. The third kappa shape index (κ3) is 4.39. The fraction of sp³-hybridized carbons (Fsp3) is 0.333. The monoisotopic (exact) mass is 268 g/mol. The molecule has 0 atom stereocenters. The lowest BCUT2D eigenvalue weighted by Gasteiger charge is -2.07. The molecule has 0 saturated heterocycles. The van der Waals surface area contributed by atoms with Crippen LogP contribution in [0.2, 0.25) is 0 Å². The minimum atomic E-state index is 0.903. The molecule has 2 aromatic rings. The number of hydrogen-bond donors (Lipinski definition) is 2. The highest BCUT2D eigenvalue weighted by atomic mass is 14.8. The molecule has 0 aliphatic heterocycles. The van der Waals surface area contributed by atoms with E-state index in [0.717, 1.165) is 18.8 Å². The molecule has 2 N–H and O–H groups in total. The van der Waals surface area contributed by atoms with E-state index in [9.17, 15) is 0 Å². The summed E-state index contributed by atoms with van der Waals surface area (Å²) in [5, 5.41) is 6.62. The van der Waals surface area contributed by atoms with Crippen LogP contribution < -0.4 is 10.6 Å². The summed E-state index contributed by atoms with van der Waals surface area (Å²) >= 11 is 0. The van der Waals surface area contributed by atoms with Crippen molar-refractivity contribution < 1.29 is 0 Å². The van der Waals surface area contributed by atoms with Gasteiger partial charge in [-0.3, -0.25) is 0 Å². The average Bonchev–Trinajstić information content (AvgIpc) is 2.50. The van der Waals surface area contributed by atoms with Crippen molar-refractivity contribution in [2.45, 2.75) is 32.9 Å². The lowest BCUT2D eigenvalue weighted by molar-refractivity contribution is 0.693. The van der Waals surface area contributed by atoms with Gasteiger partial charge in [-0.2, -0.15) is 0 Å². The summed E-state index contributed by atoms with van der Waals surface area (Å²) in [6.45, 7) is 4.04. The first-order valence-corrected chi connectivity index (χ1v) is 7.37. The van der Waals surface area contributed by atoms with Crippen molar-refractivity contribution in [1.29, 1.82) is 0 Å². The molecule has 0 bridgehead atoms. The van der Waals surface area contributed by atoms with Crippen molar-refractivity contribution >= 4 is 5.69 Å². The van der Waals surface area contributed by atoms with Gasteiger partial charge in [-0.25, -0.2) is 0 Å². The number of hydrogen-bond acceptors (Lipinski definition) is 2. The Hall–Kier alpha value is -1.80. The molecule has 0 amide bonds. The van der Waals surface area contributed by atoms with E-state index >= 15 is 0 Å². The molecular weight excluding hydrogens is 244 g/mol. The molecule has 0 spiro atoms. The molecule has 0 saturated carbocycles. The van der Waals surface area contributed by atoms with Crippen LogP contribution in [0, 0.1) is 0 Å². The molecular formula is C18H24N2. The van der Waals surface area contributed by atoms with E-state index in [1.807, 2.05) is 7.05 Å². The molecule has 0 aromatic heterocycles. The van der Waals surface area contributed by atoms with Gasteiger partial charge in [-0.1, -0.05) is 49.7 Å². The molecule has 0 radical (unpaired) electrons. The van der Waals surface area contributed by atoms with Crippen LogP contribution in [0.15, 0.2) is 48.5 Å². The molecule has 0 aliphatic carbocycles. The highest BCUT2D eigenvalue weighted by molar-refractivity contribution is 5.43. The predicted molar refractivity (Wildman–Crippen MR) is 87.0 cm³/mol. The topological polar surface area (TPSA) is 24.1 Å². The fourth-order valence-corrected chi connectivity index (χ4v) is 2.25. The van der Waals surface area contributed by atoms with Crippen LogP contribution in [0.4, 0.5) is 5.69 Å². The van der Waals surface area contributed by atoms with Gasteiger partial charge in [-0.05, 0) is 35.2 Å². The molecule has 20 heavy (non-hydrogen) atoms. The second-order valence-electron chi connectivity index (χ2n) is 5.12. The lowest BCUT2D eigenvalue weighted by atomic mass is 10.1. The predicted octanol–water partition coefficient (Wildman–Crippen LogP) is 3.97.